The normalized spacial score (nSPS) is 16.1. The number of benzene rings is 1. The Labute approximate surface area is 220 Å². The van der Waals surface area contributed by atoms with Crippen molar-refractivity contribution in [1.29, 1.82) is 0 Å². The standard InChI is InChI=1S/C28H44N4O5/c1-8-10-19(4)30-25(34)24(20-14-13-17(2)18(3)15-20)32(21-11-9-12-21)26(35)22(16-23(29)33)31-27(36)37-28(5,6)7/h13-15,19,21-22,24H,8-12,16H2,1-7H3,(H2,29,33)(H,30,34)(H,31,36). The number of rotatable bonds is 11. The van der Waals surface area contributed by atoms with Gasteiger partial charge in [0.05, 0.1) is 6.42 Å². The summed E-state index contributed by atoms with van der Waals surface area (Å²) in [5.41, 5.74) is 7.41. The molecule has 9 heteroatoms. The van der Waals surface area contributed by atoms with E-state index in [1.165, 1.54) is 0 Å². The Morgan fingerprint density at radius 2 is 1.76 bits per heavy atom. The summed E-state index contributed by atoms with van der Waals surface area (Å²) in [6.45, 7) is 13.0. The molecule has 1 aromatic rings. The highest BCUT2D eigenvalue weighted by atomic mass is 16.6. The molecule has 37 heavy (non-hydrogen) atoms. The largest absolute Gasteiger partial charge is 0.444 e. The molecule has 1 aliphatic rings. The van der Waals surface area contributed by atoms with Crippen molar-refractivity contribution in [3.8, 4) is 0 Å². The third-order valence-corrected chi connectivity index (χ3v) is 6.60. The lowest BCUT2D eigenvalue weighted by Crippen LogP contribution is -2.58. The Hall–Kier alpha value is -3.10. The number of nitrogens with one attached hydrogen (secondary N) is 2. The number of aryl methyl sites for hydroxylation is 2. The fraction of sp³-hybridized carbons (Fsp3) is 0.643. The lowest BCUT2D eigenvalue weighted by molar-refractivity contribution is -0.148. The summed E-state index contributed by atoms with van der Waals surface area (Å²) in [7, 11) is 0. The molecule has 0 bridgehead atoms. The molecule has 0 saturated heterocycles. The van der Waals surface area contributed by atoms with Crippen LogP contribution in [0.5, 0.6) is 0 Å². The van der Waals surface area contributed by atoms with Gasteiger partial charge in [0.1, 0.15) is 17.7 Å². The molecule has 9 nitrogen and oxygen atoms in total. The number of alkyl carbamates (subject to hydrolysis) is 1. The van der Waals surface area contributed by atoms with Crippen LogP contribution in [0.15, 0.2) is 18.2 Å². The number of carbonyl (C=O) groups excluding carboxylic acids is 4. The first kappa shape index (κ1) is 30.1. The summed E-state index contributed by atoms with van der Waals surface area (Å²) < 4.78 is 5.33. The van der Waals surface area contributed by atoms with Gasteiger partial charge in [-0.3, -0.25) is 14.4 Å². The Kier molecular flexibility index (Phi) is 10.5. The quantitative estimate of drug-likeness (QED) is 0.412. The summed E-state index contributed by atoms with van der Waals surface area (Å²) in [6, 6.07) is 3.25. The number of primary amides is 1. The van der Waals surface area contributed by atoms with Gasteiger partial charge >= 0.3 is 6.09 Å². The minimum Gasteiger partial charge on any atom is -0.444 e. The van der Waals surface area contributed by atoms with Gasteiger partial charge in [-0.1, -0.05) is 31.5 Å². The number of ether oxygens (including phenoxy) is 1. The molecule has 0 heterocycles. The van der Waals surface area contributed by atoms with Crippen LogP contribution < -0.4 is 16.4 Å². The molecule has 1 aromatic carbocycles. The SMILES string of the molecule is CCCC(C)NC(=O)C(c1ccc(C)c(C)c1)N(C(=O)C(CC(N)=O)NC(=O)OC(C)(C)C)C1CCC1. The third kappa shape index (κ3) is 8.76. The van der Waals surface area contributed by atoms with Gasteiger partial charge in [0.15, 0.2) is 0 Å². The number of nitrogens with zero attached hydrogens (tertiary/aromatic N) is 1. The second-order valence-electron chi connectivity index (χ2n) is 11.1. The molecule has 0 radical (unpaired) electrons. The van der Waals surface area contributed by atoms with Gasteiger partial charge in [0.25, 0.3) is 0 Å². The molecule has 0 aliphatic heterocycles. The van der Waals surface area contributed by atoms with Crippen LogP contribution in [0.25, 0.3) is 0 Å². The van der Waals surface area contributed by atoms with E-state index in [2.05, 4.69) is 10.6 Å². The van der Waals surface area contributed by atoms with Gasteiger partial charge in [-0.25, -0.2) is 4.79 Å². The average molecular weight is 517 g/mol. The Morgan fingerprint density at radius 1 is 1.11 bits per heavy atom. The Morgan fingerprint density at radius 3 is 2.24 bits per heavy atom. The Bertz CT molecular complexity index is 983. The maximum absolute atomic E-state index is 14.1. The van der Waals surface area contributed by atoms with Crippen molar-refractivity contribution in [2.75, 3.05) is 0 Å². The van der Waals surface area contributed by atoms with Crippen LogP contribution in [-0.2, 0) is 19.1 Å². The molecule has 2 rings (SSSR count). The van der Waals surface area contributed by atoms with Crippen LogP contribution in [0, 0.1) is 13.8 Å². The fourth-order valence-electron chi connectivity index (χ4n) is 4.41. The molecule has 0 aromatic heterocycles. The number of hydrogen-bond acceptors (Lipinski definition) is 5. The van der Waals surface area contributed by atoms with E-state index in [0.29, 0.717) is 5.56 Å². The molecular weight excluding hydrogens is 472 g/mol. The average Bonchev–Trinajstić information content (AvgIpc) is 2.71. The monoisotopic (exact) mass is 516 g/mol. The van der Waals surface area contributed by atoms with Gasteiger partial charge in [0.2, 0.25) is 17.7 Å². The van der Waals surface area contributed by atoms with Crippen LogP contribution in [0.4, 0.5) is 4.79 Å². The number of hydrogen-bond donors (Lipinski definition) is 3. The van der Waals surface area contributed by atoms with Crippen molar-refractivity contribution in [1.82, 2.24) is 15.5 Å². The molecule has 1 saturated carbocycles. The highest BCUT2D eigenvalue weighted by Crippen LogP contribution is 2.34. The van der Waals surface area contributed by atoms with Crippen molar-refractivity contribution in [3.63, 3.8) is 0 Å². The topological polar surface area (TPSA) is 131 Å². The number of nitrogens with two attached hydrogens (primary N) is 1. The van der Waals surface area contributed by atoms with E-state index in [0.717, 1.165) is 43.2 Å². The van der Waals surface area contributed by atoms with E-state index in [4.69, 9.17) is 10.5 Å². The molecule has 4 N–H and O–H groups in total. The highest BCUT2D eigenvalue weighted by molar-refractivity contribution is 5.95. The second-order valence-corrected chi connectivity index (χ2v) is 11.1. The van der Waals surface area contributed by atoms with Gasteiger partial charge in [-0.15, -0.1) is 0 Å². The van der Waals surface area contributed by atoms with Crippen LogP contribution in [0.2, 0.25) is 0 Å². The lowest BCUT2D eigenvalue weighted by atomic mass is 9.87. The highest BCUT2D eigenvalue weighted by Gasteiger charge is 2.42. The van der Waals surface area contributed by atoms with E-state index in [9.17, 15) is 19.2 Å². The molecule has 3 atom stereocenters. The summed E-state index contributed by atoms with van der Waals surface area (Å²) in [5.74, 6) is -1.57. The van der Waals surface area contributed by atoms with Crippen LogP contribution in [0.3, 0.4) is 0 Å². The summed E-state index contributed by atoms with van der Waals surface area (Å²) in [4.78, 5) is 53.9. The zero-order valence-corrected chi connectivity index (χ0v) is 23.3. The molecule has 1 aliphatic carbocycles. The van der Waals surface area contributed by atoms with E-state index >= 15 is 0 Å². The predicted octanol–water partition coefficient (Wildman–Crippen LogP) is 3.80. The minimum atomic E-state index is -1.26. The first-order valence-corrected chi connectivity index (χ1v) is 13.2. The van der Waals surface area contributed by atoms with Crippen molar-refractivity contribution in [2.45, 2.75) is 117 Å². The summed E-state index contributed by atoms with van der Waals surface area (Å²) in [5, 5.41) is 5.60. The fourth-order valence-corrected chi connectivity index (χ4v) is 4.41. The van der Waals surface area contributed by atoms with E-state index in [-0.39, 0.29) is 18.0 Å². The van der Waals surface area contributed by atoms with Gasteiger partial charge in [0, 0.05) is 12.1 Å². The third-order valence-electron chi connectivity index (χ3n) is 6.60. The van der Waals surface area contributed by atoms with Gasteiger partial charge < -0.3 is 26.0 Å². The molecule has 0 spiro atoms. The van der Waals surface area contributed by atoms with Crippen molar-refractivity contribution in [3.05, 3.63) is 34.9 Å². The molecule has 206 valence electrons. The van der Waals surface area contributed by atoms with E-state index < -0.39 is 42.0 Å². The summed E-state index contributed by atoms with van der Waals surface area (Å²) in [6.07, 6.45) is 2.83. The second kappa shape index (κ2) is 12.9. The van der Waals surface area contributed by atoms with E-state index in [1.807, 2.05) is 45.9 Å². The molecule has 3 unspecified atom stereocenters. The summed E-state index contributed by atoms with van der Waals surface area (Å²) >= 11 is 0. The predicted molar refractivity (Wildman–Crippen MR) is 143 cm³/mol. The minimum absolute atomic E-state index is 0.0776. The Balaban J connectivity index is 2.52. The van der Waals surface area contributed by atoms with Gasteiger partial charge in [-0.05, 0) is 83.9 Å². The molecule has 1 fully saturated rings. The lowest BCUT2D eigenvalue weighted by Gasteiger charge is -2.43. The van der Waals surface area contributed by atoms with Crippen molar-refractivity contribution in [2.24, 2.45) is 5.73 Å². The zero-order chi connectivity index (χ0) is 27.9. The molecule has 4 amide bonds. The van der Waals surface area contributed by atoms with Crippen LogP contribution in [-0.4, -0.2) is 52.4 Å². The van der Waals surface area contributed by atoms with Gasteiger partial charge in [-0.2, -0.15) is 0 Å². The van der Waals surface area contributed by atoms with Crippen LogP contribution >= 0.6 is 0 Å². The zero-order valence-electron chi connectivity index (χ0n) is 23.3. The smallest absolute Gasteiger partial charge is 0.408 e. The number of amides is 4. The molecular formula is C28H44N4O5. The van der Waals surface area contributed by atoms with Crippen molar-refractivity contribution >= 4 is 23.8 Å². The maximum Gasteiger partial charge on any atom is 0.408 e. The van der Waals surface area contributed by atoms with Crippen molar-refractivity contribution < 1.29 is 23.9 Å². The number of carbonyl (C=O) groups is 4. The first-order valence-electron chi connectivity index (χ1n) is 13.2. The first-order chi connectivity index (χ1) is 17.2. The maximum atomic E-state index is 14.1. The van der Waals surface area contributed by atoms with Crippen LogP contribution in [0.1, 0.15) is 95.9 Å². The van der Waals surface area contributed by atoms with E-state index in [1.54, 1.807) is 25.7 Å².